The number of aromatic carboxylic acids is 1. The third kappa shape index (κ3) is 3.51. The van der Waals surface area contributed by atoms with Gasteiger partial charge in [0.15, 0.2) is 0 Å². The highest BCUT2D eigenvalue weighted by Gasteiger charge is 2.52. The predicted molar refractivity (Wildman–Crippen MR) is 118 cm³/mol. The molecule has 6 nitrogen and oxygen atoms in total. The fraction of sp³-hybridized carbons (Fsp3) is 0.462. The van der Waals surface area contributed by atoms with Crippen LogP contribution in [0.5, 0.6) is 17.2 Å². The number of esters is 1. The zero-order chi connectivity index (χ0) is 22.5. The number of carboxylic acid groups (broad SMARTS) is 1. The summed E-state index contributed by atoms with van der Waals surface area (Å²) in [6.07, 6.45) is 7.43. The Morgan fingerprint density at radius 3 is 1.94 bits per heavy atom. The third-order valence-electron chi connectivity index (χ3n) is 7.66. The van der Waals surface area contributed by atoms with Crippen LogP contribution in [0.1, 0.15) is 64.8 Å². The number of methoxy groups -OCH3 is 2. The lowest BCUT2D eigenvalue weighted by Gasteiger charge is -2.57. The van der Waals surface area contributed by atoms with E-state index in [2.05, 4.69) is 0 Å². The van der Waals surface area contributed by atoms with Gasteiger partial charge in [-0.1, -0.05) is 0 Å². The Bertz CT molecular complexity index is 1020. The summed E-state index contributed by atoms with van der Waals surface area (Å²) >= 11 is 0. The van der Waals surface area contributed by atoms with Crippen LogP contribution in [0.15, 0.2) is 36.4 Å². The molecule has 0 amide bonds. The van der Waals surface area contributed by atoms with Gasteiger partial charge < -0.3 is 19.3 Å². The first-order chi connectivity index (χ1) is 15.4. The average molecular weight is 437 g/mol. The SMILES string of the molecule is COc1cc(OC)c(C23CC4CC(CC(C4)C2)C3)cc1C(=O)Oc1ccc(C(=O)O)cc1. The number of rotatable bonds is 6. The topological polar surface area (TPSA) is 82.1 Å². The molecule has 0 heterocycles. The zero-order valence-electron chi connectivity index (χ0n) is 18.4. The van der Waals surface area contributed by atoms with Crippen LogP contribution in [0, 0.1) is 17.8 Å². The van der Waals surface area contributed by atoms with Gasteiger partial charge in [-0.05, 0) is 92.0 Å². The van der Waals surface area contributed by atoms with E-state index in [4.69, 9.17) is 19.3 Å². The summed E-state index contributed by atoms with van der Waals surface area (Å²) in [4.78, 5) is 24.2. The molecule has 4 fully saturated rings. The minimum atomic E-state index is -1.03. The number of hydrogen-bond acceptors (Lipinski definition) is 5. The van der Waals surface area contributed by atoms with Crippen molar-refractivity contribution in [2.45, 2.75) is 43.9 Å². The second-order valence-corrected chi connectivity index (χ2v) is 9.67. The Hall–Kier alpha value is -3.02. The van der Waals surface area contributed by atoms with Crippen LogP contribution in [0.4, 0.5) is 0 Å². The van der Waals surface area contributed by atoms with E-state index in [1.165, 1.54) is 50.6 Å². The van der Waals surface area contributed by atoms with Gasteiger partial charge in [0.25, 0.3) is 0 Å². The van der Waals surface area contributed by atoms with Crippen molar-refractivity contribution in [1.82, 2.24) is 0 Å². The number of carbonyl (C=O) groups excluding carboxylic acids is 1. The molecule has 0 aliphatic heterocycles. The van der Waals surface area contributed by atoms with E-state index in [-0.39, 0.29) is 16.7 Å². The molecule has 168 valence electrons. The summed E-state index contributed by atoms with van der Waals surface area (Å²) < 4.78 is 16.9. The second-order valence-electron chi connectivity index (χ2n) is 9.67. The van der Waals surface area contributed by atoms with Gasteiger partial charge in [0.1, 0.15) is 22.8 Å². The van der Waals surface area contributed by atoms with Crippen LogP contribution in [-0.4, -0.2) is 31.3 Å². The highest BCUT2D eigenvalue weighted by Crippen LogP contribution is 2.62. The lowest BCUT2D eigenvalue weighted by atomic mass is 9.48. The highest BCUT2D eigenvalue weighted by atomic mass is 16.5. The molecular weight excluding hydrogens is 408 g/mol. The molecular formula is C26H28O6. The fourth-order valence-electron chi connectivity index (χ4n) is 6.74. The van der Waals surface area contributed by atoms with Crippen LogP contribution in [0.3, 0.4) is 0 Å². The molecule has 4 bridgehead atoms. The average Bonchev–Trinajstić information content (AvgIpc) is 2.77. The molecule has 0 unspecified atom stereocenters. The maximum atomic E-state index is 13.1. The summed E-state index contributed by atoms with van der Waals surface area (Å²) in [6, 6.07) is 9.51. The second kappa shape index (κ2) is 7.84. The number of carboxylic acids is 1. The van der Waals surface area contributed by atoms with Crippen molar-refractivity contribution < 1.29 is 28.9 Å². The largest absolute Gasteiger partial charge is 0.496 e. The number of ether oxygens (including phenoxy) is 3. The number of hydrogen-bond donors (Lipinski definition) is 1. The van der Waals surface area contributed by atoms with Gasteiger partial charge in [-0.15, -0.1) is 0 Å². The van der Waals surface area contributed by atoms with Crippen molar-refractivity contribution in [1.29, 1.82) is 0 Å². The first-order valence-corrected chi connectivity index (χ1v) is 11.2. The predicted octanol–water partition coefficient (Wildman–Crippen LogP) is 5.09. The smallest absolute Gasteiger partial charge is 0.347 e. The van der Waals surface area contributed by atoms with Gasteiger partial charge in [0.2, 0.25) is 0 Å². The van der Waals surface area contributed by atoms with Gasteiger partial charge in [0.05, 0.1) is 19.8 Å². The van der Waals surface area contributed by atoms with E-state index in [9.17, 15) is 9.59 Å². The first-order valence-electron chi connectivity index (χ1n) is 11.2. The van der Waals surface area contributed by atoms with Gasteiger partial charge in [0, 0.05) is 11.6 Å². The molecule has 0 aromatic heterocycles. The normalized spacial score (nSPS) is 27.8. The molecule has 4 saturated carbocycles. The van der Waals surface area contributed by atoms with Crippen LogP contribution in [0.2, 0.25) is 0 Å². The molecule has 4 aliphatic carbocycles. The molecule has 1 N–H and O–H groups in total. The van der Waals surface area contributed by atoms with Crippen molar-refractivity contribution in [3.05, 3.63) is 53.1 Å². The van der Waals surface area contributed by atoms with E-state index in [1.807, 2.05) is 6.07 Å². The Morgan fingerprint density at radius 1 is 0.875 bits per heavy atom. The Kier molecular flexibility index (Phi) is 5.11. The summed E-state index contributed by atoms with van der Waals surface area (Å²) in [7, 11) is 3.19. The van der Waals surface area contributed by atoms with E-state index in [0.717, 1.165) is 48.3 Å². The summed E-state index contributed by atoms with van der Waals surface area (Å²) in [5.41, 5.74) is 1.63. The van der Waals surface area contributed by atoms with Crippen LogP contribution in [-0.2, 0) is 5.41 Å². The van der Waals surface area contributed by atoms with Gasteiger partial charge >= 0.3 is 11.9 Å². The minimum absolute atomic E-state index is 0.0462. The van der Waals surface area contributed by atoms with Crippen molar-refractivity contribution in [3.63, 3.8) is 0 Å². The maximum absolute atomic E-state index is 13.1. The lowest BCUT2D eigenvalue weighted by molar-refractivity contribution is -0.00621. The summed E-state index contributed by atoms with van der Waals surface area (Å²) in [6.45, 7) is 0. The molecule has 32 heavy (non-hydrogen) atoms. The maximum Gasteiger partial charge on any atom is 0.347 e. The van der Waals surface area contributed by atoms with Crippen LogP contribution in [0.25, 0.3) is 0 Å². The number of carbonyl (C=O) groups is 2. The molecule has 0 spiro atoms. The van der Waals surface area contributed by atoms with E-state index in [1.54, 1.807) is 13.2 Å². The Balaban J connectivity index is 1.50. The Labute approximate surface area is 187 Å². The van der Waals surface area contributed by atoms with Crippen molar-refractivity contribution >= 4 is 11.9 Å². The lowest BCUT2D eigenvalue weighted by Crippen LogP contribution is -2.48. The van der Waals surface area contributed by atoms with Crippen molar-refractivity contribution in [2.75, 3.05) is 14.2 Å². The third-order valence-corrected chi connectivity index (χ3v) is 7.66. The van der Waals surface area contributed by atoms with Crippen molar-refractivity contribution in [2.24, 2.45) is 17.8 Å². The fourth-order valence-corrected chi connectivity index (χ4v) is 6.74. The van der Waals surface area contributed by atoms with E-state index in [0.29, 0.717) is 11.3 Å². The zero-order valence-corrected chi connectivity index (χ0v) is 18.4. The highest BCUT2D eigenvalue weighted by molar-refractivity contribution is 5.95. The molecule has 0 atom stereocenters. The Morgan fingerprint density at radius 2 is 1.44 bits per heavy atom. The monoisotopic (exact) mass is 436 g/mol. The molecule has 6 heteroatoms. The van der Waals surface area contributed by atoms with E-state index < -0.39 is 11.9 Å². The molecule has 2 aromatic rings. The molecule has 4 aliphatic rings. The van der Waals surface area contributed by atoms with Crippen LogP contribution >= 0.6 is 0 Å². The van der Waals surface area contributed by atoms with Gasteiger partial charge in [-0.3, -0.25) is 0 Å². The molecule has 0 radical (unpaired) electrons. The molecule has 0 saturated heterocycles. The van der Waals surface area contributed by atoms with E-state index >= 15 is 0 Å². The quantitative estimate of drug-likeness (QED) is 0.502. The van der Waals surface area contributed by atoms with Crippen molar-refractivity contribution in [3.8, 4) is 17.2 Å². The summed E-state index contributed by atoms with van der Waals surface area (Å²) in [5.74, 6) is 2.19. The minimum Gasteiger partial charge on any atom is -0.496 e. The van der Waals surface area contributed by atoms with Gasteiger partial charge in [-0.25, -0.2) is 9.59 Å². The standard InChI is InChI=1S/C26H28O6/c1-30-22-11-23(31-2)21(26-12-15-7-16(13-26)9-17(8-15)14-26)10-20(22)25(29)32-19-5-3-18(4-6-19)24(27)28/h3-6,10-11,15-17H,7-9,12-14H2,1-2H3,(H,27,28). The van der Waals surface area contributed by atoms with Gasteiger partial charge in [-0.2, -0.15) is 0 Å². The summed E-state index contributed by atoms with van der Waals surface area (Å²) in [5, 5.41) is 9.06. The number of benzene rings is 2. The molecule has 6 rings (SSSR count). The first kappa shape index (κ1) is 20.9. The molecule has 2 aromatic carbocycles. The van der Waals surface area contributed by atoms with Crippen LogP contribution < -0.4 is 14.2 Å².